The summed E-state index contributed by atoms with van der Waals surface area (Å²) in [5.41, 5.74) is 3.37. The van der Waals surface area contributed by atoms with E-state index in [1.54, 1.807) is 18.3 Å². The van der Waals surface area contributed by atoms with Crippen LogP contribution in [0.4, 0.5) is 0 Å². The lowest BCUT2D eigenvalue weighted by molar-refractivity contribution is 0.103. The third kappa shape index (κ3) is 3.59. The first-order chi connectivity index (χ1) is 14.7. The summed E-state index contributed by atoms with van der Waals surface area (Å²) in [6.45, 7) is 2.30. The number of hydrogen-bond acceptors (Lipinski definition) is 4. The second-order valence-corrected chi connectivity index (χ2v) is 8.07. The highest BCUT2D eigenvalue weighted by molar-refractivity contribution is 6.08. The number of H-pyrrole nitrogens is 1. The summed E-state index contributed by atoms with van der Waals surface area (Å²) in [6.07, 6.45) is 5.36. The Morgan fingerprint density at radius 2 is 1.87 bits per heavy atom. The van der Waals surface area contributed by atoms with Crippen molar-refractivity contribution < 1.29 is 9.53 Å². The topological polar surface area (TPSA) is 67.9 Å². The summed E-state index contributed by atoms with van der Waals surface area (Å²) in [5, 5.41) is 0. The molecule has 4 aromatic rings. The third-order valence-corrected chi connectivity index (χ3v) is 5.87. The highest BCUT2D eigenvalue weighted by Gasteiger charge is 2.26. The number of hydrogen-bond donors (Lipinski definition) is 1. The largest absolute Gasteiger partial charge is 0.439 e. The van der Waals surface area contributed by atoms with Crippen molar-refractivity contribution in [1.29, 1.82) is 0 Å². The number of benzene rings is 2. The number of para-hydroxylation sites is 2. The van der Waals surface area contributed by atoms with E-state index in [1.807, 2.05) is 42.5 Å². The van der Waals surface area contributed by atoms with Gasteiger partial charge in [-0.05, 0) is 67.1 Å². The Bertz CT molecular complexity index is 1160. The van der Waals surface area contributed by atoms with Crippen LogP contribution in [0, 0.1) is 5.92 Å². The maximum absolute atomic E-state index is 12.8. The molecule has 1 aliphatic rings. The van der Waals surface area contributed by atoms with Gasteiger partial charge in [0.05, 0.1) is 11.0 Å². The zero-order valence-electron chi connectivity index (χ0n) is 16.8. The number of nitrogens with one attached hydrogen (secondary N) is 1. The van der Waals surface area contributed by atoms with Gasteiger partial charge in [0, 0.05) is 17.3 Å². The van der Waals surface area contributed by atoms with E-state index in [1.165, 1.54) is 24.8 Å². The van der Waals surface area contributed by atoms with Crippen LogP contribution < -0.4 is 4.74 Å². The summed E-state index contributed by atoms with van der Waals surface area (Å²) in [6, 6.07) is 18.9. The van der Waals surface area contributed by atoms with Crippen LogP contribution in [-0.2, 0) is 0 Å². The zero-order valence-corrected chi connectivity index (χ0v) is 16.8. The molecule has 1 saturated carbocycles. The molecule has 0 amide bonds. The number of aromatic nitrogens is 3. The molecule has 150 valence electrons. The molecule has 5 nitrogen and oxygen atoms in total. The van der Waals surface area contributed by atoms with Crippen molar-refractivity contribution >= 4 is 16.8 Å². The summed E-state index contributed by atoms with van der Waals surface area (Å²) in [7, 11) is 0. The molecule has 0 saturated heterocycles. The molecule has 5 heteroatoms. The van der Waals surface area contributed by atoms with Crippen LogP contribution >= 0.6 is 0 Å². The van der Waals surface area contributed by atoms with Gasteiger partial charge in [-0.2, -0.15) is 0 Å². The minimum Gasteiger partial charge on any atom is -0.439 e. The molecule has 1 N–H and O–H groups in total. The Labute approximate surface area is 175 Å². The fraction of sp³-hybridized carbons (Fsp3) is 0.240. The number of pyridine rings is 1. The Morgan fingerprint density at radius 3 is 2.63 bits per heavy atom. The fourth-order valence-corrected chi connectivity index (χ4v) is 4.27. The van der Waals surface area contributed by atoms with E-state index < -0.39 is 0 Å². The van der Waals surface area contributed by atoms with Crippen LogP contribution in [0.2, 0.25) is 0 Å². The van der Waals surface area contributed by atoms with Crippen LogP contribution in [0.5, 0.6) is 11.6 Å². The summed E-state index contributed by atoms with van der Waals surface area (Å²) >= 11 is 0. The quantitative estimate of drug-likeness (QED) is 0.427. The number of ketones is 1. The van der Waals surface area contributed by atoms with E-state index in [9.17, 15) is 4.79 Å². The number of carbonyl (C=O) groups is 1. The maximum atomic E-state index is 12.8. The molecule has 1 fully saturated rings. The molecular formula is C25H23N3O2. The average molecular weight is 397 g/mol. The van der Waals surface area contributed by atoms with Crippen LogP contribution in [0.1, 0.15) is 53.8 Å². The first-order valence-corrected chi connectivity index (χ1v) is 10.4. The number of imidazole rings is 1. The molecule has 2 atom stereocenters. The van der Waals surface area contributed by atoms with Crippen molar-refractivity contribution in [2.45, 2.75) is 32.1 Å². The van der Waals surface area contributed by atoms with Gasteiger partial charge in [-0.1, -0.05) is 31.5 Å². The van der Waals surface area contributed by atoms with Crippen molar-refractivity contribution in [3.05, 3.63) is 83.8 Å². The smallest absolute Gasteiger partial charge is 0.228 e. The normalized spacial score (nSPS) is 18.6. The zero-order chi connectivity index (χ0) is 20.5. The molecule has 2 aromatic carbocycles. The van der Waals surface area contributed by atoms with Gasteiger partial charge >= 0.3 is 0 Å². The Morgan fingerprint density at radius 1 is 1.03 bits per heavy atom. The van der Waals surface area contributed by atoms with Crippen molar-refractivity contribution in [1.82, 2.24) is 15.0 Å². The lowest BCUT2D eigenvalue weighted by Crippen LogP contribution is -2.03. The average Bonchev–Trinajstić information content (AvgIpc) is 3.40. The standard InChI is InChI=1S/C25H23N3O2/c1-16-8-9-18(15-16)20-5-4-14-26-25(20)30-19-12-10-17(11-13-19)23(29)24-27-21-6-2-3-7-22(21)28-24/h2-7,10-14,16,18H,8-9,15H2,1H3,(H,27,28)/t16-,18+/m0/s1. The van der Waals surface area contributed by atoms with Gasteiger partial charge in [0.1, 0.15) is 5.75 Å². The molecule has 2 heterocycles. The van der Waals surface area contributed by atoms with Gasteiger partial charge in [-0.3, -0.25) is 4.79 Å². The molecule has 30 heavy (non-hydrogen) atoms. The van der Waals surface area contributed by atoms with Crippen molar-refractivity contribution in [3.8, 4) is 11.6 Å². The number of nitrogens with zero attached hydrogens (tertiary/aromatic N) is 2. The lowest BCUT2D eigenvalue weighted by atomic mass is 9.98. The summed E-state index contributed by atoms with van der Waals surface area (Å²) < 4.78 is 6.10. The van der Waals surface area contributed by atoms with Crippen LogP contribution in [0.25, 0.3) is 11.0 Å². The summed E-state index contributed by atoms with van der Waals surface area (Å²) in [5.74, 6) is 2.77. The van der Waals surface area contributed by atoms with Gasteiger partial charge in [-0.25, -0.2) is 9.97 Å². The van der Waals surface area contributed by atoms with Crippen LogP contribution in [0.15, 0.2) is 66.9 Å². The SMILES string of the molecule is C[C@H]1CC[C@@H](c2cccnc2Oc2ccc(C(=O)c3nc4ccccc4[nH]3)cc2)C1. The lowest BCUT2D eigenvalue weighted by Gasteiger charge is -2.15. The van der Waals surface area contributed by atoms with Gasteiger partial charge in [0.15, 0.2) is 5.82 Å². The van der Waals surface area contributed by atoms with E-state index in [4.69, 9.17) is 4.74 Å². The molecule has 0 unspecified atom stereocenters. The van der Waals surface area contributed by atoms with Crippen molar-refractivity contribution in [2.75, 3.05) is 0 Å². The van der Waals surface area contributed by atoms with Gasteiger partial charge in [-0.15, -0.1) is 0 Å². The number of fused-ring (bicyclic) bond motifs is 1. The molecule has 0 aliphatic heterocycles. The Hall–Kier alpha value is -3.47. The summed E-state index contributed by atoms with van der Waals surface area (Å²) in [4.78, 5) is 24.7. The minimum atomic E-state index is -0.142. The molecular weight excluding hydrogens is 374 g/mol. The highest BCUT2D eigenvalue weighted by atomic mass is 16.5. The molecule has 0 bridgehead atoms. The predicted octanol–water partition coefficient (Wildman–Crippen LogP) is 5.88. The second kappa shape index (κ2) is 7.75. The highest BCUT2D eigenvalue weighted by Crippen LogP contribution is 2.41. The van der Waals surface area contributed by atoms with Crippen LogP contribution in [0.3, 0.4) is 0 Å². The maximum Gasteiger partial charge on any atom is 0.228 e. The van der Waals surface area contributed by atoms with Gasteiger partial charge in [0.25, 0.3) is 0 Å². The van der Waals surface area contributed by atoms with Crippen LogP contribution in [-0.4, -0.2) is 20.7 Å². The number of aromatic amines is 1. The fourth-order valence-electron chi connectivity index (χ4n) is 4.27. The van der Waals surface area contributed by atoms with E-state index in [2.05, 4.69) is 27.9 Å². The van der Waals surface area contributed by atoms with E-state index >= 15 is 0 Å². The predicted molar refractivity (Wildman–Crippen MR) is 116 cm³/mol. The van der Waals surface area contributed by atoms with Gasteiger partial charge in [0.2, 0.25) is 11.7 Å². The minimum absolute atomic E-state index is 0.142. The third-order valence-electron chi connectivity index (χ3n) is 5.87. The van der Waals surface area contributed by atoms with E-state index in [-0.39, 0.29) is 5.78 Å². The van der Waals surface area contributed by atoms with Crippen molar-refractivity contribution in [3.63, 3.8) is 0 Å². The van der Waals surface area contributed by atoms with E-state index in [0.29, 0.717) is 28.9 Å². The molecule has 0 spiro atoms. The first kappa shape index (κ1) is 18.6. The number of ether oxygens (including phenoxy) is 1. The molecule has 0 radical (unpaired) electrons. The Kier molecular flexibility index (Phi) is 4.79. The first-order valence-electron chi connectivity index (χ1n) is 10.4. The second-order valence-electron chi connectivity index (χ2n) is 8.07. The van der Waals surface area contributed by atoms with Gasteiger partial charge < -0.3 is 9.72 Å². The number of carbonyl (C=O) groups excluding carboxylic acids is 1. The van der Waals surface area contributed by atoms with E-state index in [0.717, 1.165) is 17.0 Å². The Balaban J connectivity index is 1.35. The number of rotatable bonds is 5. The van der Waals surface area contributed by atoms with Crippen molar-refractivity contribution in [2.24, 2.45) is 5.92 Å². The molecule has 1 aliphatic carbocycles. The monoisotopic (exact) mass is 397 g/mol. The molecule has 2 aromatic heterocycles. The molecule has 5 rings (SSSR count).